The van der Waals surface area contributed by atoms with E-state index in [9.17, 15) is 4.79 Å². The molecule has 2 aromatic rings. The Balaban J connectivity index is 0.00000147. The fraction of sp³-hybridized carbons (Fsp3) is 0.308. The van der Waals surface area contributed by atoms with Crippen LogP contribution < -0.4 is 10.6 Å². The first-order chi connectivity index (χ1) is 9.34. The minimum absolute atomic E-state index is 0. The maximum absolute atomic E-state index is 11.8. The van der Waals surface area contributed by atoms with E-state index in [1.54, 1.807) is 17.1 Å². The van der Waals surface area contributed by atoms with E-state index >= 15 is 0 Å². The average molecular weight is 294 g/mol. The Morgan fingerprint density at radius 3 is 2.90 bits per heavy atom. The highest BCUT2D eigenvalue weighted by Gasteiger charge is 2.24. The standard InChI is InChI=1S/C13H15N5O.ClH/c19-13(11-7-14-8-11)16-9-10-3-1-4-15-12(10)18-6-2-5-17-18;/h1-6,11,14H,7-9H2,(H,16,19);1H. The number of carbonyl (C=O) groups is 1. The third kappa shape index (κ3) is 2.97. The predicted octanol–water partition coefficient (Wildman–Crippen LogP) is 0.525. The quantitative estimate of drug-likeness (QED) is 0.862. The molecule has 1 fully saturated rings. The molecule has 3 heterocycles. The molecule has 20 heavy (non-hydrogen) atoms. The van der Waals surface area contributed by atoms with Gasteiger partial charge in [0.25, 0.3) is 0 Å². The zero-order chi connectivity index (χ0) is 13.1. The summed E-state index contributed by atoms with van der Waals surface area (Å²) in [6.45, 7) is 2.01. The van der Waals surface area contributed by atoms with Crippen molar-refractivity contribution in [2.75, 3.05) is 13.1 Å². The average Bonchev–Trinajstić information content (AvgIpc) is 2.88. The molecule has 7 heteroatoms. The van der Waals surface area contributed by atoms with Crippen molar-refractivity contribution in [3.05, 3.63) is 42.4 Å². The molecular weight excluding hydrogens is 278 g/mol. The summed E-state index contributed by atoms with van der Waals surface area (Å²) in [5.41, 5.74) is 0.951. The second kappa shape index (κ2) is 6.49. The number of hydrogen-bond donors (Lipinski definition) is 2. The number of amides is 1. The Kier molecular flexibility index (Phi) is 4.70. The summed E-state index contributed by atoms with van der Waals surface area (Å²) in [4.78, 5) is 16.1. The van der Waals surface area contributed by atoms with Crippen LogP contribution in [0.1, 0.15) is 5.56 Å². The molecule has 2 aromatic heterocycles. The smallest absolute Gasteiger partial charge is 0.225 e. The van der Waals surface area contributed by atoms with E-state index in [1.165, 1.54) is 0 Å². The van der Waals surface area contributed by atoms with E-state index in [2.05, 4.69) is 20.7 Å². The van der Waals surface area contributed by atoms with Crippen molar-refractivity contribution in [1.82, 2.24) is 25.4 Å². The highest BCUT2D eigenvalue weighted by Crippen LogP contribution is 2.10. The Morgan fingerprint density at radius 2 is 2.25 bits per heavy atom. The van der Waals surface area contributed by atoms with E-state index < -0.39 is 0 Å². The van der Waals surface area contributed by atoms with Gasteiger partial charge in [0.15, 0.2) is 5.82 Å². The minimum atomic E-state index is 0. The largest absolute Gasteiger partial charge is 0.352 e. The van der Waals surface area contributed by atoms with Gasteiger partial charge in [-0.25, -0.2) is 9.67 Å². The first-order valence-corrected chi connectivity index (χ1v) is 6.27. The van der Waals surface area contributed by atoms with Crippen molar-refractivity contribution in [3.8, 4) is 5.82 Å². The van der Waals surface area contributed by atoms with Gasteiger partial charge in [-0.05, 0) is 12.1 Å². The molecule has 0 saturated carbocycles. The molecule has 1 saturated heterocycles. The lowest BCUT2D eigenvalue weighted by Crippen LogP contribution is -2.50. The third-order valence-corrected chi connectivity index (χ3v) is 3.19. The van der Waals surface area contributed by atoms with Crippen LogP contribution in [-0.4, -0.2) is 33.8 Å². The van der Waals surface area contributed by atoms with Gasteiger partial charge in [-0.2, -0.15) is 5.10 Å². The van der Waals surface area contributed by atoms with Crippen molar-refractivity contribution < 1.29 is 4.79 Å². The van der Waals surface area contributed by atoms with Gasteiger partial charge in [0.05, 0.1) is 5.92 Å². The number of pyridine rings is 1. The second-order valence-corrected chi connectivity index (χ2v) is 4.51. The molecule has 0 aliphatic carbocycles. The summed E-state index contributed by atoms with van der Waals surface area (Å²) in [6, 6.07) is 5.65. The van der Waals surface area contributed by atoms with Crippen molar-refractivity contribution in [1.29, 1.82) is 0 Å². The molecule has 0 bridgehead atoms. The van der Waals surface area contributed by atoms with Gasteiger partial charge < -0.3 is 10.6 Å². The lowest BCUT2D eigenvalue weighted by molar-refractivity contribution is -0.126. The summed E-state index contributed by atoms with van der Waals surface area (Å²) in [6.07, 6.45) is 5.26. The van der Waals surface area contributed by atoms with E-state index in [0.717, 1.165) is 24.5 Å². The molecule has 1 amide bonds. The Labute approximate surface area is 123 Å². The van der Waals surface area contributed by atoms with Crippen LogP contribution >= 0.6 is 12.4 Å². The van der Waals surface area contributed by atoms with Crippen LogP contribution in [0.25, 0.3) is 5.82 Å². The number of carbonyl (C=O) groups excluding carboxylic acids is 1. The Bertz CT molecular complexity index is 568. The molecule has 6 nitrogen and oxygen atoms in total. The van der Waals surface area contributed by atoms with E-state index in [1.807, 2.05) is 24.4 Å². The first kappa shape index (κ1) is 14.5. The molecule has 2 N–H and O–H groups in total. The maximum atomic E-state index is 11.8. The number of rotatable bonds is 4. The topological polar surface area (TPSA) is 71.8 Å². The van der Waals surface area contributed by atoms with Crippen molar-refractivity contribution in [2.45, 2.75) is 6.54 Å². The summed E-state index contributed by atoms with van der Waals surface area (Å²) in [5.74, 6) is 0.943. The number of halogens is 1. The van der Waals surface area contributed by atoms with E-state index in [-0.39, 0.29) is 24.2 Å². The first-order valence-electron chi connectivity index (χ1n) is 6.27. The number of nitrogens with one attached hydrogen (secondary N) is 2. The molecule has 0 spiro atoms. The molecule has 0 atom stereocenters. The SMILES string of the molecule is Cl.O=C(NCc1cccnc1-n1cccn1)C1CNC1. The molecule has 106 valence electrons. The fourth-order valence-corrected chi connectivity index (χ4v) is 1.97. The Morgan fingerprint density at radius 1 is 1.40 bits per heavy atom. The zero-order valence-corrected chi connectivity index (χ0v) is 11.6. The van der Waals surface area contributed by atoms with Crippen LogP contribution in [0.5, 0.6) is 0 Å². The highest BCUT2D eigenvalue weighted by molar-refractivity contribution is 5.85. The van der Waals surface area contributed by atoms with E-state index in [4.69, 9.17) is 0 Å². The van der Waals surface area contributed by atoms with Gasteiger partial charge in [-0.1, -0.05) is 6.07 Å². The van der Waals surface area contributed by atoms with Gasteiger partial charge >= 0.3 is 0 Å². The molecule has 0 radical (unpaired) electrons. The summed E-state index contributed by atoms with van der Waals surface area (Å²) in [5, 5.41) is 10.2. The monoisotopic (exact) mass is 293 g/mol. The maximum Gasteiger partial charge on any atom is 0.225 e. The number of nitrogens with zero attached hydrogens (tertiary/aromatic N) is 3. The van der Waals surface area contributed by atoms with Crippen molar-refractivity contribution in [2.24, 2.45) is 5.92 Å². The van der Waals surface area contributed by atoms with Crippen LogP contribution in [0.4, 0.5) is 0 Å². The molecular formula is C13H16ClN5O. The lowest BCUT2D eigenvalue weighted by atomic mass is 10.0. The van der Waals surface area contributed by atoms with Gasteiger partial charge in [0, 0.05) is 43.8 Å². The molecule has 3 rings (SSSR count). The number of hydrogen-bond acceptors (Lipinski definition) is 4. The van der Waals surface area contributed by atoms with Crippen LogP contribution in [0, 0.1) is 5.92 Å². The van der Waals surface area contributed by atoms with Crippen molar-refractivity contribution in [3.63, 3.8) is 0 Å². The van der Waals surface area contributed by atoms with E-state index in [0.29, 0.717) is 6.54 Å². The zero-order valence-electron chi connectivity index (χ0n) is 10.8. The van der Waals surface area contributed by atoms with Crippen LogP contribution in [-0.2, 0) is 11.3 Å². The minimum Gasteiger partial charge on any atom is -0.352 e. The molecule has 1 aliphatic rings. The number of aromatic nitrogens is 3. The van der Waals surface area contributed by atoms with Gasteiger partial charge in [0.1, 0.15) is 0 Å². The highest BCUT2D eigenvalue weighted by atomic mass is 35.5. The van der Waals surface area contributed by atoms with Crippen LogP contribution in [0.15, 0.2) is 36.8 Å². The predicted molar refractivity (Wildman–Crippen MR) is 76.8 cm³/mol. The second-order valence-electron chi connectivity index (χ2n) is 4.51. The van der Waals surface area contributed by atoms with Crippen LogP contribution in [0.3, 0.4) is 0 Å². The summed E-state index contributed by atoms with van der Waals surface area (Å²) in [7, 11) is 0. The normalized spacial score (nSPS) is 14.2. The third-order valence-electron chi connectivity index (χ3n) is 3.19. The summed E-state index contributed by atoms with van der Waals surface area (Å²) >= 11 is 0. The van der Waals surface area contributed by atoms with Gasteiger partial charge in [0.2, 0.25) is 5.91 Å². The fourth-order valence-electron chi connectivity index (χ4n) is 1.97. The molecule has 1 aliphatic heterocycles. The molecule has 0 aromatic carbocycles. The van der Waals surface area contributed by atoms with Crippen molar-refractivity contribution >= 4 is 18.3 Å². The Hall–Kier alpha value is -1.92. The van der Waals surface area contributed by atoms with Gasteiger partial charge in [-0.15, -0.1) is 12.4 Å². The van der Waals surface area contributed by atoms with Crippen LogP contribution in [0.2, 0.25) is 0 Å². The summed E-state index contributed by atoms with van der Waals surface area (Å²) < 4.78 is 1.70. The lowest BCUT2D eigenvalue weighted by Gasteiger charge is -2.25. The van der Waals surface area contributed by atoms with Gasteiger partial charge in [-0.3, -0.25) is 4.79 Å². The molecule has 0 unspecified atom stereocenters.